The molecule has 17 heavy (non-hydrogen) atoms. The van der Waals surface area contributed by atoms with Gasteiger partial charge in [0, 0.05) is 12.9 Å². The molecular formula is C11H17NO4S. The van der Waals surface area contributed by atoms with Crippen molar-refractivity contribution in [3.05, 3.63) is 0 Å². The fraction of sp³-hybridized carbons (Fsp3) is 0.909. The van der Waals surface area contributed by atoms with Gasteiger partial charge >= 0.3 is 0 Å². The molecule has 3 unspecified atom stereocenters. The molecule has 0 aromatic rings. The van der Waals surface area contributed by atoms with Gasteiger partial charge in [0.25, 0.3) is 0 Å². The Balaban J connectivity index is 2.44. The van der Waals surface area contributed by atoms with Crippen LogP contribution in [-0.2, 0) is 14.6 Å². The average Bonchev–Trinajstić information content (AvgIpc) is 2.83. The van der Waals surface area contributed by atoms with Crippen molar-refractivity contribution in [2.45, 2.75) is 36.5 Å². The number of ether oxygens (including phenoxy) is 1. The van der Waals surface area contributed by atoms with Crippen LogP contribution in [0, 0.1) is 16.7 Å². The van der Waals surface area contributed by atoms with E-state index in [0.29, 0.717) is 32.3 Å². The highest BCUT2D eigenvalue weighted by molar-refractivity contribution is 7.91. The molecule has 96 valence electrons. The number of hydrogen-bond acceptors (Lipinski definition) is 5. The molecule has 6 heteroatoms. The topological polar surface area (TPSA) is 87.4 Å². The Labute approximate surface area is 101 Å². The predicted octanol–water partition coefficient (Wildman–Crippen LogP) is 0.245. The Bertz CT molecular complexity index is 447. The molecule has 0 amide bonds. The number of sulfone groups is 1. The zero-order valence-corrected chi connectivity index (χ0v) is 10.7. The van der Waals surface area contributed by atoms with Gasteiger partial charge in [-0.3, -0.25) is 0 Å². The SMILES string of the molecule is CS(=O)(=O)C1CCCC1(O)C1(C#N)CCOC1. The highest BCUT2D eigenvalue weighted by Gasteiger charge is 2.61. The minimum absolute atomic E-state index is 0.131. The van der Waals surface area contributed by atoms with E-state index in [4.69, 9.17) is 4.74 Å². The summed E-state index contributed by atoms with van der Waals surface area (Å²) < 4.78 is 28.7. The Morgan fingerprint density at radius 3 is 2.65 bits per heavy atom. The normalized spacial score (nSPS) is 42.5. The lowest BCUT2D eigenvalue weighted by molar-refractivity contribution is -0.0492. The molecule has 2 fully saturated rings. The van der Waals surface area contributed by atoms with Crippen LogP contribution in [0.4, 0.5) is 0 Å². The van der Waals surface area contributed by atoms with Crippen LogP contribution in [0.2, 0.25) is 0 Å². The first-order valence-electron chi connectivity index (χ1n) is 5.76. The molecule has 2 aliphatic rings. The van der Waals surface area contributed by atoms with E-state index in [1.165, 1.54) is 0 Å². The second-order valence-corrected chi connectivity index (χ2v) is 7.36. The van der Waals surface area contributed by atoms with Crippen molar-refractivity contribution >= 4 is 9.84 Å². The van der Waals surface area contributed by atoms with Gasteiger partial charge in [0.2, 0.25) is 0 Å². The summed E-state index contributed by atoms with van der Waals surface area (Å²) in [5.74, 6) is 0. The van der Waals surface area contributed by atoms with Crippen molar-refractivity contribution < 1.29 is 18.3 Å². The summed E-state index contributed by atoms with van der Waals surface area (Å²) >= 11 is 0. The summed E-state index contributed by atoms with van der Waals surface area (Å²) in [5, 5.41) is 19.3. The van der Waals surface area contributed by atoms with Crippen molar-refractivity contribution in [1.29, 1.82) is 5.26 Å². The first-order chi connectivity index (χ1) is 7.86. The second kappa shape index (κ2) is 3.94. The van der Waals surface area contributed by atoms with Gasteiger partial charge in [-0.25, -0.2) is 8.42 Å². The van der Waals surface area contributed by atoms with Gasteiger partial charge in [0.1, 0.15) is 11.0 Å². The van der Waals surface area contributed by atoms with Gasteiger partial charge in [-0.15, -0.1) is 0 Å². The van der Waals surface area contributed by atoms with Gasteiger partial charge in [-0.2, -0.15) is 5.26 Å². The molecular weight excluding hydrogens is 242 g/mol. The van der Waals surface area contributed by atoms with E-state index in [-0.39, 0.29) is 6.61 Å². The molecule has 0 aromatic heterocycles. The van der Waals surface area contributed by atoms with Gasteiger partial charge in [-0.1, -0.05) is 0 Å². The van der Waals surface area contributed by atoms with E-state index in [2.05, 4.69) is 6.07 Å². The number of nitriles is 1. The molecule has 0 aromatic carbocycles. The molecule has 1 N–H and O–H groups in total. The fourth-order valence-electron chi connectivity index (χ4n) is 3.16. The Kier molecular flexibility index (Phi) is 2.97. The standard InChI is InChI=1S/C11H17NO4S/c1-17(14,15)9-3-2-4-11(9,13)10(7-12)5-6-16-8-10/h9,13H,2-6,8H2,1H3. The van der Waals surface area contributed by atoms with Crippen LogP contribution in [0.25, 0.3) is 0 Å². The molecule has 1 aliphatic heterocycles. The number of aliphatic hydroxyl groups is 1. The van der Waals surface area contributed by atoms with E-state index < -0.39 is 26.1 Å². The summed E-state index contributed by atoms with van der Waals surface area (Å²) in [6, 6.07) is 2.12. The lowest BCUT2D eigenvalue weighted by atomic mass is 9.71. The lowest BCUT2D eigenvalue weighted by Crippen LogP contribution is -2.55. The summed E-state index contributed by atoms with van der Waals surface area (Å²) in [6.45, 7) is 0.540. The predicted molar refractivity (Wildman–Crippen MR) is 60.9 cm³/mol. The smallest absolute Gasteiger partial charge is 0.153 e. The van der Waals surface area contributed by atoms with Gasteiger partial charge in [-0.05, 0) is 25.7 Å². The van der Waals surface area contributed by atoms with Crippen molar-refractivity contribution in [3.63, 3.8) is 0 Å². The fourth-order valence-corrected chi connectivity index (χ4v) is 4.81. The lowest BCUT2D eigenvalue weighted by Gasteiger charge is -2.39. The number of nitrogens with zero attached hydrogens (tertiary/aromatic N) is 1. The van der Waals surface area contributed by atoms with E-state index in [9.17, 15) is 18.8 Å². The largest absolute Gasteiger partial charge is 0.387 e. The third-order valence-electron chi connectivity index (χ3n) is 4.14. The van der Waals surface area contributed by atoms with Crippen LogP contribution < -0.4 is 0 Å². The van der Waals surface area contributed by atoms with E-state index >= 15 is 0 Å². The molecule has 0 bridgehead atoms. The second-order valence-electron chi connectivity index (χ2n) is 5.13. The Hall–Kier alpha value is -0.640. The Morgan fingerprint density at radius 2 is 2.18 bits per heavy atom. The first-order valence-corrected chi connectivity index (χ1v) is 7.71. The third kappa shape index (κ3) is 1.77. The van der Waals surface area contributed by atoms with Crippen LogP contribution in [-0.4, -0.2) is 43.8 Å². The Morgan fingerprint density at radius 1 is 1.47 bits per heavy atom. The molecule has 2 rings (SSSR count). The van der Waals surface area contributed by atoms with Crippen molar-refractivity contribution in [3.8, 4) is 6.07 Å². The van der Waals surface area contributed by atoms with Crippen LogP contribution in [0.15, 0.2) is 0 Å². The summed E-state index contributed by atoms with van der Waals surface area (Å²) in [6.07, 6.45) is 2.97. The van der Waals surface area contributed by atoms with Crippen LogP contribution in [0.5, 0.6) is 0 Å². The summed E-state index contributed by atoms with van der Waals surface area (Å²) in [4.78, 5) is 0. The number of hydrogen-bond donors (Lipinski definition) is 1. The molecule has 0 spiro atoms. The maximum absolute atomic E-state index is 11.8. The number of rotatable bonds is 2. The minimum Gasteiger partial charge on any atom is -0.387 e. The molecule has 1 saturated carbocycles. The van der Waals surface area contributed by atoms with Gasteiger partial charge in [0.05, 0.1) is 17.9 Å². The molecule has 0 radical (unpaired) electrons. The molecule has 1 aliphatic carbocycles. The summed E-state index contributed by atoms with van der Waals surface area (Å²) in [5.41, 5.74) is -2.51. The molecule has 1 saturated heterocycles. The van der Waals surface area contributed by atoms with Crippen molar-refractivity contribution in [2.24, 2.45) is 5.41 Å². The minimum atomic E-state index is -3.35. The zero-order chi connectivity index (χ0) is 12.7. The third-order valence-corrected chi connectivity index (χ3v) is 5.80. The van der Waals surface area contributed by atoms with Crippen molar-refractivity contribution in [1.82, 2.24) is 0 Å². The van der Waals surface area contributed by atoms with Crippen LogP contribution in [0.1, 0.15) is 25.7 Å². The van der Waals surface area contributed by atoms with E-state index in [1.54, 1.807) is 0 Å². The monoisotopic (exact) mass is 259 g/mol. The average molecular weight is 259 g/mol. The highest BCUT2D eigenvalue weighted by Crippen LogP contribution is 2.50. The molecule has 3 atom stereocenters. The van der Waals surface area contributed by atoms with E-state index in [0.717, 1.165) is 6.26 Å². The maximum atomic E-state index is 11.8. The molecule has 1 heterocycles. The van der Waals surface area contributed by atoms with Crippen LogP contribution in [0.3, 0.4) is 0 Å². The maximum Gasteiger partial charge on any atom is 0.153 e. The summed E-state index contributed by atoms with van der Waals surface area (Å²) in [7, 11) is -3.35. The molecule has 5 nitrogen and oxygen atoms in total. The van der Waals surface area contributed by atoms with E-state index in [1.807, 2.05) is 0 Å². The van der Waals surface area contributed by atoms with Crippen LogP contribution >= 0.6 is 0 Å². The first kappa shape index (κ1) is 12.8. The van der Waals surface area contributed by atoms with Gasteiger partial charge < -0.3 is 9.84 Å². The van der Waals surface area contributed by atoms with Crippen molar-refractivity contribution in [2.75, 3.05) is 19.5 Å². The van der Waals surface area contributed by atoms with Gasteiger partial charge in [0.15, 0.2) is 9.84 Å². The quantitative estimate of drug-likeness (QED) is 0.767. The highest BCUT2D eigenvalue weighted by atomic mass is 32.2. The zero-order valence-electron chi connectivity index (χ0n) is 9.85.